The van der Waals surface area contributed by atoms with Gasteiger partial charge in [0.1, 0.15) is 18.1 Å². The summed E-state index contributed by atoms with van der Waals surface area (Å²) in [5.74, 6) is 0.332. The fourth-order valence-electron chi connectivity index (χ4n) is 3.34. The number of amides is 2. The van der Waals surface area contributed by atoms with Gasteiger partial charge in [-0.1, -0.05) is 62.5 Å². The third kappa shape index (κ3) is 7.38. The molecular formula is C26H29Cl3N4O3. The summed E-state index contributed by atoms with van der Waals surface area (Å²) < 4.78 is 7.18. The lowest BCUT2D eigenvalue weighted by molar-refractivity contribution is -0.136. The van der Waals surface area contributed by atoms with E-state index in [4.69, 9.17) is 39.5 Å². The van der Waals surface area contributed by atoms with Crippen LogP contribution in [-0.4, -0.2) is 46.2 Å². The number of carbonyl (C=O) groups excluding carboxylic acids is 2. The molecule has 3 rings (SSSR count). The second-order valence-electron chi connectivity index (χ2n) is 9.28. The Labute approximate surface area is 226 Å². The van der Waals surface area contributed by atoms with Crippen LogP contribution < -0.4 is 10.1 Å². The minimum Gasteiger partial charge on any atom is -0.484 e. The Kier molecular flexibility index (Phi) is 9.28. The predicted molar refractivity (Wildman–Crippen MR) is 145 cm³/mol. The van der Waals surface area contributed by atoms with E-state index in [1.807, 2.05) is 33.8 Å². The number of ether oxygens (including phenoxy) is 1. The third-order valence-corrected chi connectivity index (χ3v) is 6.24. The van der Waals surface area contributed by atoms with Crippen molar-refractivity contribution in [3.63, 3.8) is 0 Å². The largest absolute Gasteiger partial charge is 0.484 e. The number of benzene rings is 2. The summed E-state index contributed by atoms with van der Waals surface area (Å²) in [6.07, 6.45) is 0.690. The van der Waals surface area contributed by atoms with Crippen molar-refractivity contribution < 1.29 is 14.3 Å². The summed E-state index contributed by atoms with van der Waals surface area (Å²) in [5, 5.41) is 8.95. The summed E-state index contributed by atoms with van der Waals surface area (Å²) >= 11 is 18.2. The monoisotopic (exact) mass is 550 g/mol. The number of aromatic nitrogens is 2. The second kappa shape index (κ2) is 12.0. The number of anilines is 1. The molecule has 36 heavy (non-hydrogen) atoms. The summed E-state index contributed by atoms with van der Waals surface area (Å²) in [6.45, 7) is 8.12. The van der Waals surface area contributed by atoms with Crippen LogP contribution in [0, 0.1) is 0 Å². The number of hydrogen-bond donors (Lipinski definition) is 1. The topological polar surface area (TPSA) is 76.5 Å². The van der Waals surface area contributed by atoms with Gasteiger partial charge in [-0.3, -0.25) is 9.59 Å². The van der Waals surface area contributed by atoms with Crippen LogP contribution >= 0.6 is 34.8 Å². The molecule has 0 saturated heterocycles. The van der Waals surface area contributed by atoms with E-state index in [0.29, 0.717) is 45.3 Å². The summed E-state index contributed by atoms with van der Waals surface area (Å²) in [7, 11) is 0. The van der Waals surface area contributed by atoms with Gasteiger partial charge in [-0.15, -0.1) is 0 Å². The average molecular weight is 552 g/mol. The van der Waals surface area contributed by atoms with Crippen LogP contribution in [0.25, 0.3) is 5.69 Å². The molecule has 0 fully saturated rings. The highest BCUT2D eigenvalue weighted by atomic mass is 35.5. The number of nitrogens with zero attached hydrogens (tertiary/aromatic N) is 3. The molecule has 1 N–H and O–H groups in total. The van der Waals surface area contributed by atoms with E-state index < -0.39 is 0 Å². The highest BCUT2D eigenvalue weighted by molar-refractivity contribution is 6.42. The minimum absolute atomic E-state index is 0.131. The van der Waals surface area contributed by atoms with Gasteiger partial charge >= 0.3 is 0 Å². The molecule has 0 aliphatic rings. The first-order valence-corrected chi connectivity index (χ1v) is 12.6. The number of rotatable bonds is 9. The van der Waals surface area contributed by atoms with Crippen molar-refractivity contribution in [2.24, 2.45) is 0 Å². The smallest absolute Gasteiger partial charge is 0.260 e. The van der Waals surface area contributed by atoms with E-state index in [9.17, 15) is 9.59 Å². The van der Waals surface area contributed by atoms with Crippen LogP contribution in [0.1, 0.15) is 39.8 Å². The number of nitrogens with one attached hydrogen (secondary N) is 1. The molecular weight excluding hydrogens is 523 g/mol. The van der Waals surface area contributed by atoms with Crippen molar-refractivity contribution in [2.45, 2.75) is 39.5 Å². The zero-order valence-corrected chi connectivity index (χ0v) is 22.9. The molecule has 10 heteroatoms. The Morgan fingerprint density at radius 2 is 1.72 bits per heavy atom. The van der Waals surface area contributed by atoms with E-state index in [-0.39, 0.29) is 30.4 Å². The summed E-state index contributed by atoms with van der Waals surface area (Å²) in [5.41, 5.74) is 1.17. The van der Waals surface area contributed by atoms with Crippen molar-refractivity contribution in [1.82, 2.24) is 14.7 Å². The highest BCUT2D eigenvalue weighted by Crippen LogP contribution is 2.29. The zero-order chi connectivity index (χ0) is 26.5. The van der Waals surface area contributed by atoms with Crippen LogP contribution in [0.2, 0.25) is 15.1 Å². The van der Waals surface area contributed by atoms with Gasteiger partial charge in [0.25, 0.3) is 5.91 Å². The minimum atomic E-state index is -0.357. The van der Waals surface area contributed by atoms with Gasteiger partial charge in [0.15, 0.2) is 6.61 Å². The first-order chi connectivity index (χ1) is 17.0. The normalized spacial score (nSPS) is 11.3. The Balaban J connectivity index is 1.76. The van der Waals surface area contributed by atoms with E-state index in [1.54, 1.807) is 47.1 Å². The molecule has 0 spiro atoms. The lowest BCUT2D eigenvalue weighted by Gasteiger charge is -2.22. The van der Waals surface area contributed by atoms with Gasteiger partial charge in [-0.2, -0.15) is 5.10 Å². The molecule has 0 unspecified atom stereocenters. The fourth-order valence-corrected chi connectivity index (χ4v) is 3.75. The maximum atomic E-state index is 13.0. The number of carbonyl (C=O) groups is 2. The van der Waals surface area contributed by atoms with Gasteiger partial charge < -0.3 is 15.0 Å². The summed E-state index contributed by atoms with van der Waals surface area (Å²) in [4.78, 5) is 27.3. The lowest BCUT2D eigenvalue weighted by Crippen LogP contribution is -2.41. The molecule has 1 heterocycles. The van der Waals surface area contributed by atoms with Crippen molar-refractivity contribution >= 4 is 52.4 Å². The zero-order valence-electron chi connectivity index (χ0n) is 20.6. The number of hydrogen-bond acceptors (Lipinski definition) is 4. The van der Waals surface area contributed by atoms with Crippen molar-refractivity contribution in [3.05, 3.63) is 69.3 Å². The van der Waals surface area contributed by atoms with Crippen LogP contribution in [0.15, 0.2) is 48.5 Å². The van der Waals surface area contributed by atoms with Crippen molar-refractivity contribution in [1.29, 1.82) is 0 Å². The molecule has 1 aromatic heterocycles. The molecule has 0 aliphatic heterocycles. The Morgan fingerprint density at radius 3 is 2.33 bits per heavy atom. The quantitative estimate of drug-likeness (QED) is 0.334. The standard InChI is InChI=1S/C26H29Cl3N4O3/c1-5-12-32(25(35)16-36-19-9-6-17(27)7-10-19)15-24(34)30-23-14-22(26(2,3)4)31-33(23)18-8-11-20(28)21(29)13-18/h6-11,13-14H,5,12,15-16H2,1-4H3,(H,30,34). The number of halogens is 3. The van der Waals surface area contributed by atoms with Crippen molar-refractivity contribution in [3.8, 4) is 11.4 Å². The Bertz CT molecular complexity index is 1220. The Morgan fingerprint density at radius 1 is 1.03 bits per heavy atom. The molecule has 3 aromatic rings. The van der Waals surface area contributed by atoms with Gasteiger partial charge in [-0.25, -0.2) is 4.68 Å². The third-order valence-electron chi connectivity index (χ3n) is 5.25. The lowest BCUT2D eigenvalue weighted by atomic mass is 9.92. The van der Waals surface area contributed by atoms with Gasteiger partial charge in [0.2, 0.25) is 5.91 Å². The first kappa shape index (κ1) is 27.8. The maximum Gasteiger partial charge on any atom is 0.260 e. The second-order valence-corrected chi connectivity index (χ2v) is 10.5. The molecule has 0 saturated carbocycles. The molecule has 0 radical (unpaired) electrons. The van der Waals surface area contributed by atoms with Crippen molar-refractivity contribution in [2.75, 3.05) is 25.0 Å². The molecule has 2 amide bonds. The van der Waals surface area contributed by atoms with Crippen LogP contribution in [-0.2, 0) is 15.0 Å². The first-order valence-electron chi connectivity index (χ1n) is 11.5. The van der Waals surface area contributed by atoms with E-state index in [2.05, 4.69) is 10.4 Å². The molecule has 0 aliphatic carbocycles. The predicted octanol–water partition coefficient (Wildman–Crippen LogP) is 6.39. The molecule has 0 atom stereocenters. The van der Waals surface area contributed by atoms with Gasteiger partial charge in [-0.05, 0) is 48.9 Å². The molecule has 7 nitrogen and oxygen atoms in total. The Hall–Kier alpha value is -2.74. The molecule has 192 valence electrons. The highest BCUT2D eigenvalue weighted by Gasteiger charge is 2.23. The molecule has 0 bridgehead atoms. The SMILES string of the molecule is CCCN(CC(=O)Nc1cc(C(C)(C)C)nn1-c1ccc(Cl)c(Cl)c1)C(=O)COc1ccc(Cl)cc1. The average Bonchev–Trinajstić information content (AvgIpc) is 3.24. The van der Waals surface area contributed by atoms with E-state index in [1.165, 1.54) is 4.90 Å². The maximum absolute atomic E-state index is 13.0. The van der Waals surface area contributed by atoms with Gasteiger partial charge in [0, 0.05) is 23.0 Å². The van der Waals surface area contributed by atoms with E-state index >= 15 is 0 Å². The van der Waals surface area contributed by atoms with Crippen LogP contribution in [0.5, 0.6) is 5.75 Å². The van der Waals surface area contributed by atoms with E-state index in [0.717, 1.165) is 5.69 Å². The van der Waals surface area contributed by atoms with Crippen LogP contribution in [0.3, 0.4) is 0 Å². The van der Waals surface area contributed by atoms with Gasteiger partial charge in [0.05, 0.1) is 21.4 Å². The summed E-state index contributed by atoms with van der Waals surface area (Å²) in [6, 6.07) is 13.7. The molecule has 2 aromatic carbocycles. The fraction of sp³-hybridized carbons (Fsp3) is 0.346. The van der Waals surface area contributed by atoms with Crippen LogP contribution in [0.4, 0.5) is 5.82 Å².